The zero-order valence-corrected chi connectivity index (χ0v) is 15.4. The van der Waals surface area contributed by atoms with E-state index in [4.69, 9.17) is 4.84 Å². The molecule has 6 nitrogen and oxygen atoms in total. The van der Waals surface area contributed by atoms with E-state index in [2.05, 4.69) is 4.98 Å². The zero-order valence-electron chi connectivity index (χ0n) is 14.6. The normalized spacial score (nSPS) is 12.8. The monoisotopic (exact) mass is 390 g/mol. The van der Waals surface area contributed by atoms with Crippen LogP contribution in [-0.4, -0.2) is 27.8 Å². The van der Waals surface area contributed by atoms with Gasteiger partial charge in [-0.15, -0.1) is 11.8 Å². The summed E-state index contributed by atoms with van der Waals surface area (Å²) >= 11 is 1.61. The Hall–Kier alpha value is -3.45. The first-order chi connectivity index (χ1) is 13.6. The van der Waals surface area contributed by atoms with E-state index in [1.54, 1.807) is 60.6 Å². The molecule has 1 aliphatic heterocycles. The summed E-state index contributed by atoms with van der Waals surface area (Å²) in [5, 5.41) is 0.512. The number of carbonyl (C=O) groups excluding carboxylic acids is 3. The second kappa shape index (κ2) is 7.66. The van der Waals surface area contributed by atoms with E-state index < -0.39 is 17.8 Å². The molecule has 3 aromatic rings. The van der Waals surface area contributed by atoms with Crippen LogP contribution in [0.25, 0.3) is 0 Å². The molecule has 0 saturated heterocycles. The van der Waals surface area contributed by atoms with E-state index in [0.29, 0.717) is 5.06 Å². The molecule has 0 fully saturated rings. The zero-order chi connectivity index (χ0) is 19.5. The molecule has 0 N–H and O–H groups in total. The van der Waals surface area contributed by atoms with Crippen molar-refractivity contribution in [1.82, 2.24) is 10.0 Å². The van der Waals surface area contributed by atoms with Gasteiger partial charge in [-0.25, -0.2) is 4.79 Å². The maximum Gasteiger partial charge on any atom is 0.363 e. The molecule has 0 spiro atoms. The minimum atomic E-state index is -0.765. The van der Waals surface area contributed by atoms with Gasteiger partial charge >= 0.3 is 5.97 Å². The number of rotatable bonds is 5. The molecule has 0 aliphatic carbocycles. The first-order valence-electron chi connectivity index (χ1n) is 8.45. The molecule has 138 valence electrons. The molecule has 1 aromatic heterocycles. The summed E-state index contributed by atoms with van der Waals surface area (Å²) in [7, 11) is 0. The average Bonchev–Trinajstić information content (AvgIpc) is 2.98. The Labute approximate surface area is 165 Å². The Morgan fingerprint density at radius 3 is 2.21 bits per heavy atom. The molecular formula is C21H14N2O4S. The summed E-state index contributed by atoms with van der Waals surface area (Å²) in [4.78, 5) is 47.0. The maximum absolute atomic E-state index is 12.4. The molecule has 0 saturated carbocycles. The van der Waals surface area contributed by atoms with Gasteiger partial charge in [0.25, 0.3) is 11.8 Å². The highest BCUT2D eigenvalue weighted by atomic mass is 32.2. The number of fused-ring (bicyclic) bond motifs is 1. The van der Waals surface area contributed by atoms with Crippen molar-refractivity contribution in [2.24, 2.45) is 0 Å². The van der Waals surface area contributed by atoms with Crippen LogP contribution < -0.4 is 0 Å². The topological polar surface area (TPSA) is 76.6 Å². The van der Waals surface area contributed by atoms with Crippen molar-refractivity contribution in [3.63, 3.8) is 0 Å². The second-order valence-electron chi connectivity index (χ2n) is 6.00. The summed E-state index contributed by atoms with van der Waals surface area (Å²) in [6.07, 6.45) is 3.53. The van der Waals surface area contributed by atoms with Crippen LogP contribution in [0.2, 0.25) is 0 Å². The third-order valence-corrected chi connectivity index (χ3v) is 5.23. The van der Waals surface area contributed by atoms with Gasteiger partial charge in [0.1, 0.15) is 0 Å². The molecular weight excluding hydrogens is 376 g/mol. The number of benzene rings is 2. The molecule has 2 heterocycles. The van der Waals surface area contributed by atoms with Gasteiger partial charge in [-0.1, -0.05) is 23.3 Å². The van der Waals surface area contributed by atoms with Crippen molar-refractivity contribution in [2.45, 2.75) is 10.6 Å². The number of imide groups is 1. The van der Waals surface area contributed by atoms with E-state index in [9.17, 15) is 14.4 Å². The van der Waals surface area contributed by atoms with Crippen molar-refractivity contribution < 1.29 is 19.2 Å². The molecule has 4 rings (SSSR count). The lowest BCUT2D eigenvalue weighted by atomic mass is 10.1. The van der Waals surface area contributed by atoms with Crippen LogP contribution in [0.1, 0.15) is 36.6 Å². The number of carbonyl (C=O) groups is 3. The Morgan fingerprint density at radius 2 is 1.61 bits per heavy atom. The van der Waals surface area contributed by atoms with Gasteiger partial charge in [0, 0.05) is 23.0 Å². The lowest BCUT2D eigenvalue weighted by molar-refractivity contribution is -0.0584. The minimum absolute atomic E-state index is 0.224. The molecule has 2 amide bonds. The summed E-state index contributed by atoms with van der Waals surface area (Å²) < 4.78 is 0. The van der Waals surface area contributed by atoms with Gasteiger partial charge in [0.15, 0.2) is 0 Å². The molecule has 0 bridgehead atoms. The summed E-state index contributed by atoms with van der Waals surface area (Å²) in [5.74, 6) is -1.29. The van der Waals surface area contributed by atoms with Crippen LogP contribution >= 0.6 is 11.8 Å². The Kier molecular flexibility index (Phi) is 4.90. The van der Waals surface area contributed by atoms with E-state index in [-0.39, 0.29) is 16.7 Å². The second-order valence-corrected chi connectivity index (χ2v) is 7.05. The Morgan fingerprint density at radius 1 is 0.929 bits per heavy atom. The molecule has 0 unspecified atom stereocenters. The number of pyridine rings is 1. The standard InChI is InChI=1S/C21H14N2O4S/c24-19-17-5-1-2-6-18(17)20(25)23(19)27-21(26)15-7-9-16(10-8-15)28-13-14-4-3-11-22-12-14/h1-12H,13H2. The SMILES string of the molecule is O=C(ON1C(=O)c2ccccc2C1=O)c1ccc(SCc2cccnc2)cc1. The summed E-state index contributed by atoms with van der Waals surface area (Å²) in [6, 6.07) is 17.0. The number of amides is 2. The van der Waals surface area contributed by atoms with Crippen LogP contribution in [0.5, 0.6) is 0 Å². The lowest BCUT2D eigenvalue weighted by Crippen LogP contribution is -2.32. The number of aromatic nitrogens is 1. The predicted molar refractivity (Wildman–Crippen MR) is 103 cm³/mol. The molecule has 0 radical (unpaired) electrons. The third-order valence-electron chi connectivity index (χ3n) is 4.15. The van der Waals surface area contributed by atoms with Crippen LogP contribution in [0.4, 0.5) is 0 Å². The molecule has 28 heavy (non-hydrogen) atoms. The highest BCUT2D eigenvalue weighted by Gasteiger charge is 2.38. The number of nitrogens with zero attached hydrogens (tertiary/aromatic N) is 2. The van der Waals surface area contributed by atoms with Gasteiger partial charge in [-0.05, 0) is 48.0 Å². The predicted octanol–water partition coefficient (Wildman–Crippen LogP) is 3.74. The number of hydrogen-bond donors (Lipinski definition) is 0. The van der Waals surface area contributed by atoms with Gasteiger partial charge in [-0.2, -0.15) is 0 Å². The van der Waals surface area contributed by atoms with Crippen molar-refractivity contribution >= 4 is 29.5 Å². The highest BCUT2D eigenvalue weighted by Crippen LogP contribution is 2.25. The average molecular weight is 390 g/mol. The molecule has 7 heteroatoms. The Balaban J connectivity index is 1.40. The summed E-state index contributed by atoms with van der Waals surface area (Å²) in [5.41, 5.74) is 1.80. The highest BCUT2D eigenvalue weighted by molar-refractivity contribution is 7.98. The smallest absolute Gasteiger partial charge is 0.324 e. The minimum Gasteiger partial charge on any atom is -0.324 e. The fourth-order valence-electron chi connectivity index (χ4n) is 2.72. The van der Waals surface area contributed by atoms with E-state index in [1.165, 1.54) is 12.1 Å². The molecule has 0 atom stereocenters. The lowest BCUT2D eigenvalue weighted by Gasteiger charge is -2.12. The van der Waals surface area contributed by atoms with Crippen LogP contribution in [-0.2, 0) is 10.6 Å². The van der Waals surface area contributed by atoms with Crippen molar-refractivity contribution in [1.29, 1.82) is 0 Å². The Bertz CT molecular complexity index is 1020. The number of hydrogen-bond acceptors (Lipinski definition) is 6. The van der Waals surface area contributed by atoms with E-state index >= 15 is 0 Å². The maximum atomic E-state index is 12.4. The van der Waals surface area contributed by atoms with Gasteiger partial charge < -0.3 is 4.84 Å². The fourth-order valence-corrected chi connectivity index (χ4v) is 3.56. The fraction of sp³-hybridized carbons (Fsp3) is 0.0476. The van der Waals surface area contributed by atoms with Gasteiger partial charge in [0.2, 0.25) is 0 Å². The van der Waals surface area contributed by atoms with Crippen molar-refractivity contribution in [2.75, 3.05) is 0 Å². The van der Waals surface area contributed by atoms with Crippen molar-refractivity contribution in [3.05, 3.63) is 95.3 Å². The number of thioether (sulfide) groups is 1. The van der Waals surface area contributed by atoms with E-state index in [0.717, 1.165) is 16.2 Å². The largest absolute Gasteiger partial charge is 0.363 e. The van der Waals surface area contributed by atoms with E-state index in [1.807, 2.05) is 12.1 Å². The summed E-state index contributed by atoms with van der Waals surface area (Å²) in [6.45, 7) is 0. The molecule has 1 aliphatic rings. The van der Waals surface area contributed by atoms with Crippen LogP contribution in [0.15, 0.2) is 78.0 Å². The molecule has 2 aromatic carbocycles. The van der Waals surface area contributed by atoms with Crippen LogP contribution in [0, 0.1) is 0 Å². The van der Waals surface area contributed by atoms with Crippen LogP contribution in [0.3, 0.4) is 0 Å². The third kappa shape index (κ3) is 3.52. The number of hydroxylamine groups is 2. The van der Waals surface area contributed by atoms with Gasteiger partial charge in [-0.3, -0.25) is 14.6 Å². The first kappa shape index (κ1) is 17.9. The quantitative estimate of drug-likeness (QED) is 0.488. The first-order valence-corrected chi connectivity index (χ1v) is 9.44. The van der Waals surface area contributed by atoms with Crippen molar-refractivity contribution in [3.8, 4) is 0 Å². The van der Waals surface area contributed by atoms with Gasteiger partial charge in [0.05, 0.1) is 16.7 Å².